The number of halogens is 3. The molecule has 0 radical (unpaired) electrons. The highest BCUT2D eigenvalue weighted by Crippen LogP contribution is 2.39. The van der Waals surface area contributed by atoms with Crippen LogP contribution in [0.15, 0.2) is 39.7 Å². The number of hydrogen-bond donors (Lipinski definition) is 0. The Morgan fingerprint density at radius 2 is 1.97 bits per heavy atom. The van der Waals surface area contributed by atoms with Crippen molar-refractivity contribution in [2.75, 3.05) is 13.2 Å². The van der Waals surface area contributed by atoms with E-state index in [9.17, 15) is 9.59 Å². The van der Waals surface area contributed by atoms with Crippen LogP contribution in [-0.2, 0) is 11.3 Å². The summed E-state index contributed by atoms with van der Waals surface area (Å²) < 4.78 is 11.8. The number of rotatable bonds is 7. The van der Waals surface area contributed by atoms with Gasteiger partial charge in [-0.1, -0.05) is 35.2 Å². The van der Waals surface area contributed by atoms with Crippen LogP contribution in [0.1, 0.15) is 18.1 Å². The minimum absolute atomic E-state index is 0.0889. The van der Waals surface area contributed by atoms with E-state index >= 15 is 0 Å². The number of imide groups is 1. The molecule has 31 heavy (non-hydrogen) atoms. The molecule has 0 N–H and O–H groups in total. The molecule has 0 unspecified atom stereocenters. The van der Waals surface area contributed by atoms with Crippen LogP contribution in [0.5, 0.6) is 11.5 Å². The average Bonchev–Trinajstić information content (AvgIpc) is 2.98. The first-order chi connectivity index (χ1) is 14.8. The molecule has 0 aliphatic carbocycles. The first-order valence-corrected chi connectivity index (χ1v) is 11.4. The lowest BCUT2D eigenvalue weighted by molar-refractivity contribution is -0.123. The SMILES string of the molecule is C#CCOc1c(Br)cc(/C=C2\SC(=O)N(Cc3ccc(Cl)c(Cl)c3)C2=O)cc1OCC. The molecule has 2 aromatic rings. The third-order valence-corrected chi connectivity index (χ3v) is 6.36. The van der Waals surface area contributed by atoms with Crippen LogP contribution < -0.4 is 9.47 Å². The third kappa shape index (κ3) is 5.58. The largest absolute Gasteiger partial charge is 0.490 e. The predicted molar refractivity (Wildman–Crippen MR) is 128 cm³/mol. The maximum Gasteiger partial charge on any atom is 0.293 e. The van der Waals surface area contributed by atoms with E-state index in [4.69, 9.17) is 39.1 Å². The smallest absolute Gasteiger partial charge is 0.293 e. The van der Waals surface area contributed by atoms with E-state index in [1.165, 1.54) is 4.90 Å². The van der Waals surface area contributed by atoms with Gasteiger partial charge in [-0.25, -0.2) is 0 Å². The fourth-order valence-electron chi connectivity index (χ4n) is 2.80. The van der Waals surface area contributed by atoms with Crippen molar-refractivity contribution in [2.24, 2.45) is 0 Å². The Balaban J connectivity index is 1.86. The van der Waals surface area contributed by atoms with Crippen LogP contribution in [0, 0.1) is 12.3 Å². The number of ether oxygens (including phenoxy) is 2. The second-order valence-electron chi connectivity index (χ2n) is 6.27. The fraction of sp³-hybridized carbons (Fsp3) is 0.182. The molecule has 160 valence electrons. The molecule has 0 bridgehead atoms. The minimum atomic E-state index is -0.386. The van der Waals surface area contributed by atoms with Gasteiger partial charge in [0.15, 0.2) is 11.5 Å². The zero-order valence-corrected chi connectivity index (χ0v) is 20.2. The van der Waals surface area contributed by atoms with E-state index in [-0.39, 0.29) is 24.3 Å². The summed E-state index contributed by atoms with van der Waals surface area (Å²) in [4.78, 5) is 26.8. The summed E-state index contributed by atoms with van der Waals surface area (Å²) in [7, 11) is 0. The van der Waals surface area contributed by atoms with Crippen LogP contribution in [0.25, 0.3) is 6.08 Å². The molecule has 9 heteroatoms. The second kappa shape index (κ2) is 10.5. The monoisotopic (exact) mass is 539 g/mol. The summed E-state index contributed by atoms with van der Waals surface area (Å²) in [6.45, 7) is 2.46. The van der Waals surface area contributed by atoms with E-state index in [2.05, 4.69) is 21.9 Å². The van der Waals surface area contributed by atoms with Crippen molar-refractivity contribution in [3.8, 4) is 23.8 Å². The molecule has 1 fully saturated rings. The summed E-state index contributed by atoms with van der Waals surface area (Å²) in [5.41, 5.74) is 1.37. The van der Waals surface area contributed by atoms with Gasteiger partial charge in [0.25, 0.3) is 11.1 Å². The van der Waals surface area contributed by atoms with Gasteiger partial charge in [-0.15, -0.1) is 6.42 Å². The Kier molecular flexibility index (Phi) is 7.95. The lowest BCUT2D eigenvalue weighted by atomic mass is 10.1. The Bertz CT molecular complexity index is 1110. The molecule has 1 aliphatic rings. The highest BCUT2D eigenvalue weighted by Gasteiger charge is 2.35. The van der Waals surface area contributed by atoms with Gasteiger partial charge in [0.05, 0.1) is 32.6 Å². The van der Waals surface area contributed by atoms with Gasteiger partial charge >= 0.3 is 0 Å². The number of amides is 2. The average molecular weight is 541 g/mol. The minimum Gasteiger partial charge on any atom is -0.490 e. The lowest BCUT2D eigenvalue weighted by Crippen LogP contribution is -2.27. The number of benzene rings is 2. The molecule has 0 aromatic heterocycles. The van der Waals surface area contributed by atoms with Crippen LogP contribution in [0.4, 0.5) is 4.79 Å². The Hall–Kier alpha value is -2.11. The van der Waals surface area contributed by atoms with Crippen LogP contribution >= 0.6 is 50.9 Å². The topological polar surface area (TPSA) is 55.8 Å². The predicted octanol–water partition coefficient (Wildman–Crippen LogP) is 6.40. The molecule has 0 saturated carbocycles. The number of nitrogens with zero attached hydrogens (tertiary/aromatic N) is 1. The van der Waals surface area contributed by atoms with Crippen molar-refractivity contribution >= 4 is 68.1 Å². The maximum atomic E-state index is 12.8. The molecule has 2 amide bonds. The molecule has 0 spiro atoms. The summed E-state index contributed by atoms with van der Waals surface area (Å²) in [6, 6.07) is 8.48. The van der Waals surface area contributed by atoms with Gasteiger partial charge < -0.3 is 9.47 Å². The lowest BCUT2D eigenvalue weighted by Gasteiger charge is -2.14. The van der Waals surface area contributed by atoms with Gasteiger partial charge in [-0.05, 0) is 76.1 Å². The number of terminal acetylenes is 1. The van der Waals surface area contributed by atoms with Gasteiger partial charge in [0.2, 0.25) is 0 Å². The normalized spacial score (nSPS) is 14.8. The Labute approximate surface area is 202 Å². The molecule has 3 rings (SSSR count). The molecule has 2 aromatic carbocycles. The quantitative estimate of drug-likeness (QED) is 0.300. The van der Waals surface area contributed by atoms with E-state index in [0.717, 1.165) is 11.8 Å². The molecule has 1 aliphatic heterocycles. The fourth-order valence-corrected chi connectivity index (χ4v) is 4.53. The number of thioether (sulfide) groups is 1. The highest BCUT2D eigenvalue weighted by molar-refractivity contribution is 9.10. The van der Waals surface area contributed by atoms with Crippen molar-refractivity contribution < 1.29 is 19.1 Å². The van der Waals surface area contributed by atoms with Crippen molar-refractivity contribution in [2.45, 2.75) is 13.5 Å². The van der Waals surface area contributed by atoms with Gasteiger partial charge in [-0.3, -0.25) is 14.5 Å². The van der Waals surface area contributed by atoms with Crippen molar-refractivity contribution in [1.29, 1.82) is 0 Å². The molecule has 1 heterocycles. The molecule has 0 atom stereocenters. The summed E-state index contributed by atoms with van der Waals surface area (Å²) in [6.07, 6.45) is 6.91. The van der Waals surface area contributed by atoms with Crippen molar-refractivity contribution in [1.82, 2.24) is 4.90 Å². The van der Waals surface area contributed by atoms with Crippen LogP contribution in [0.3, 0.4) is 0 Å². The highest BCUT2D eigenvalue weighted by atomic mass is 79.9. The van der Waals surface area contributed by atoms with Gasteiger partial charge in [0, 0.05) is 0 Å². The number of carbonyl (C=O) groups is 2. The first kappa shape index (κ1) is 23.6. The standard InChI is InChI=1S/C22H16BrCl2NO4S/c1-3-7-30-20-15(23)8-14(10-18(20)29-4-2)11-19-21(27)26(22(28)31-19)12-13-5-6-16(24)17(25)9-13/h1,5-6,8-11H,4,7,12H2,2H3/b19-11-. The Morgan fingerprint density at radius 1 is 1.19 bits per heavy atom. The van der Waals surface area contributed by atoms with E-state index in [1.54, 1.807) is 36.4 Å². The number of hydrogen-bond acceptors (Lipinski definition) is 5. The summed E-state index contributed by atoms with van der Waals surface area (Å²) in [5.74, 6) is 2.98. The molecule has 1 saturated heterocycles. The maximum absolute atomic E-state index is 12.8. The van der Waals surface area contributed by atoms with E-state index < -0.39 is 0 Å². The number of carbonyl (C=O) groups excluding carboxylic acids is 2. The van der Waals surface area contributed by atoms with Crippen LogP contribution in [-0.4, -0.2) is 29.3 Å². The molecular formula is C22H16BrCl2NO4S. The molecule has 5 nitrogen and oxygen atoms in total. The zero-order valence-electron chi connectivity index (χ0n) is 16.3. The second-order valence-corrected chi connectivity index (χ2v) is 8.93. The van der Waals surface area contributed by atoms with Crippen LogP contribution in [0.2, 0.25) is 10.0 Å². The van der Waals surface area contributed by atoms with Crippen molar-refractivity contribution in [3.63, 3.8) is 0 Å². The van der Waals surface area contributed by atoms with E-state index in [0.29, 0.717) is 48.7 Å². The third-order valence-electron chi connectivity index (χ3n) is 4.13. The van der Waals surface area contributed by atoms with Gasteiger partial charge in [0.1, 0.15) is 6.61 Å². The van der Waals surface area contributed by atoms with Gasteiger partial charge in [-0.2, -0.15) is 0 Å². The first-order valence-electron chi connectivity index (χ1n) is 9.06. The molecular weight excluding hydrogens is 525 g/mol. The summed E-state index contributed by atoms with van der Waals surface area (Å²) in [5, 5.41) is 0.410. The Morgan fingerprint density at radius 3 is 2.65 bits per heavy atom. The van der Waals surface area contributed by atoms with Crippen molar-refractivity contribution in [3.05, 3.63) is 60.9 Å². The van der Waals surface area contributed by atoms with E-state index in [1.807, 2.05) is 6.92 Å². The zero-order chi connectivity index (χ0) is 22.5. The summed E-state index contributed by atoms with van der Waals surface area (Å²) >= 11 is 16.3.